The molecular formula is C27H31N3O2S. The van der Waals surface area contributed by atoms with Gasteiger partial charge in [0.05, 0.1) is 11.5 Å². The molecule has 0 radical (unpaired) electrons. The SMILES string of the molecule is CC(NC(=O)c1cccc(NC(=S)NC(=O)C23CC4CC(CC(C4)C2)C3)c1)c1ccccc1. The van der Waals surface area contributed by atoms with Gasteiger partial charge in [-0.15, -0.1) is 0 Å². The van der Waals surface area contributed by atoms with Crippen molar-refractivity contribution in [1.29, 1.82) is 0 Å². The number of thiocarbonyl (C=S) groups is 1. The lowest BCUT2D eigenvalue weighted by molar-refractivity contribution is -0.144. The molecule has 1 atom stereocenters. The van der Waals surface area contributed by atoms with E-state index in [4.69, 9.17) is 12.2 Å². The van der Waals surface area contributed by atoms with E-state index in [1.165, 1.54) is 19.3 Å². The summed E-state index contributed by atoms with van der Waals surface area (Å²) in [5.74, 6) is 2.04. The number of carbonyl (C=O) groups excluding carboxylic acids is 2. The van der Waals surface area contributed by atoms with E-state index in [2.05, 4.69) is 16.0 Å². The fourth-order valence-corrected chi connectivity index (χ4v) is 6.84. The Morgan fingerprint density at radius 3 is 2.21 bits per heavy atom. The normalized spacial score (nSPS) is 28.1. The highest BCUT2D eigenvalue weighted by Crippen LogP contribution is 2.60. The van der Waals surface area contributed by atoms with Crippen LogP contribution in [0.15, 0.2) is 54.6 Å². The molecule has 2 amide bonds. The Balaban J connectivity index is 1.19. The van der Waals surface area contributed by atoms with E-state index in [9.17, 15) is 9.59 Å². The molecule has 4 aliphatic carbocycles. The number of nitrogens with one attached hydrogen (secondary N) is 3. The van der Waals surface area contributed by atoms with Crippen LogP contribution in [0.25, 0.3) is 0 Å². The Kier molecular flexibility index (Phi) is 5.95. The van der Waals surface area contributed by atoms with Crippen molar-refractivity contribution >= 4 is 34.8 Å². The monoisotopic (exact) mass is 461 g/mol. The molecule has 3 N–H and O–H groups in total. The number of carbonyl (C=O) groups is 2. The van der Waals surface area contributed by atoms with Gasteiger partial charge in [-0.05, 0) is 99.2 Å². The summed E-state index contributed by atoms with van der Waals surface area (Å²) in [6.07, 6.45) is 6.90. The van der Waals surface area contributed by atoms with E-state index in [0.717, 1.165) is 24.8 Å². The second kappa shape index (κ2) is 8.90. The van der Waals surface area contributed by atoms with Gasteiger partial charge >= 0.3 is 0 Å². The molecule has 6 heteroatoms. The zero-order chi connectivity index (χ0) is 23.0. The minimum absolute atomic E-state index is 0.0738. The molecule has 2 aromatic carbocycles. The summed E-state index contributed by atoms with van der Waals surface area (Å²) in [6.45, 7) is 1.96. The lowest BCUT2D eigenvalue weighted by Crippen LogP contribution is -2.55. The van der Waals surface area contributed by atoms with Crippen LogP contribution in [-0.2, 0) is 4.79 Å². The standard InChI is InChI=1S/C27H31N3O2S/c1-17(21-6-3-2-4-7-21)28-24(31)22-8-5-9-23(13-22)29-26(33)30-25(32)27-14-18-10-19(15-27)12-20(11-18)16-27/h2-9,13,17-20H,10-12,14-16H2,1H3,(H,28,31)(H2,29,30,32,33). The van der Waals surface area contributed by atoms with Crippen molar-refractivity contribution < 1.29 is 9.59 Å². The predicted octanol–water partition coefficient (Wildman–Crippen LogP) is 5.21. The summed E-state index contributed by atoms with van der Waals surface area (Å²) in [4.78, 5) is 26.0. The van der Waals surface area contributed by atoms with E-state index in [1.807, 2.05) is 49.4 Å². The molecule has 2 aromatic rings. The van der Waals surface area contributed by atoms with Gasteiger partial charge in [0.15, 0.2) is 5.11 Å². The van der Waals surface area contributed by atoms with Gasteiger partial charge in [0.2, 0.25) is 5.91 Å². The van der Waals surface area contributed by atoms with Crippen LogP contribution in [0.5, 0.6) is 0 Å². The van der Waals surface area contributed by atoms with Gasteiger partial charge in [-0.1, -0.05) is 36.4 Å². The lowest BCUT2D eigenvalue weighted by Gasteiger charge is -2.55. The predicted molar refractivity (Wildman–Crippen MR) is 134 cm³/mol. The van der Waals surface area contributed by atoms with Gasteiger partial charge in [0.25, 0.3) is 5.91 Å². The van der Waals surface area contributed by atoms with Crippen LogP contribution >= 0.6 is 12.2 Å². The third-order valence-electron chi connectivity index (χ3n) is 7.78. The molecule has 5 nitrogen and oxygen atoms in total. The molecule has 6 rings (SSSR count). The van der Waals surface area contributed by atoms with E-state index in [-0.39, 0.29) is 23.3 Å². The zero-order valence-corrected chi connectivity index (χ0v) is 19.8. The molecule has 0 saturated heterocycles. The first-order chi connectivity index (χ1) is 15.9. The van der Waals surface area contributed by atoms with Gasteiger partial charge in [0.1, 0.15) is 0 Å². The van der Waals surface area contributed by atoms with Crippen LogP contribution in [-0.4, -0.2) is 16.9 Å². The van der Waals surface area contributed by atoms with Gasteiger partial charge in [-0.3, -0.25) is 9.59 Å². The first-order valence-electron chi connectivity index (χ1n) is 12.0. The quantitative estimate of drug-likeness (QED) is 0.535. The average molecular weight is 462 g/mol. The fourth-order valence-electron chi connectivity index (χ4n) is 6.63. The van der Waals surface area contributed by atoms with Crippen LogP contribution in [0.1, 0.15) is 67.4 Å². The van der Waals surface area contributed by atoms with Crippen molar-refractivity contribution in [2.24, 2.45) is 23.2 Å². The van der Waals surface area contributed by atoms with E-state index >= 15 is 0 Å². The molecule has 4 fully saturated rings. The largest absolute Gasteiger partial charge is 0.346 e. The molecule has 172 valence electrons. The summed E-state index contributed by atoms with van der Waals surface area (Å²) in [7, 11) is 0. The highest BCUT2D eigenvalue weighted by Gasteiger charge is 2.54. The molecule has 0 spiro atoms. The number of rotatable bonds is 5. The van der Waals surface area contributed by atoms with Crippen LogP contribution in [0.4, 0.5) is 5.69 Å². The molecule has 0 aliphatic heterocycles. The molecule has 4 bridgehead atoms. The van der Waals surface area contributed by atoms with Crippen molar-refractivity contribution in [2.75, 3.05) is 5.32 Å². The molecule has 33 heavy (non-hydrogen) atoms. The van der Waals surface area contributed by atoms with Crippen LogP contribution in [0.3, 0.4) is 0 Å². The summed E-state index contributed by atoms with van der Waals surface area (Å²) in [5, 5.41) is 9.40. The van der Waals surface area contributed by atoms with Gasteiger partial charge < -0.3 is 16.0 Å². The molecule has 0 heterocycles. The highest BCUT2D eigenvalue weighted by atomic mass is 32.1. The average Bonchev–Trinajstić information content (AvgIpc) is 2.79. The number of benzene rings is 2. The Morgan fingerprint density at radius 1 is 0.939 bits per heavy atom. The minimum atomic E-state index is -0.240. The second-order valence-electron chi connectivity index (χ2n) is 10.3. The van der Waals surface area contributed by atoms with Crippen molar-refractivity contribution in [1.82, 2.24) is 10.6 Å². The molecule has 1 unspecified atom stereocenters. The van der Waals surface area contributed by atoms with Crippen LogP contribution < -0.4 is 16.0 Å². The van der Waals surface area contributed by atoms with Crippen LogP contribution in [0.2, 0.25) is 0 Å². The van der Waals surface area contributed by atoms with Crippen molar-refractivity contribution in [2.45, 2.75) is 51.5 Å². The summed E-state index contributed by atoms with van der Waals surface area (Å²) in [6, 6.07) is 17.0. The van der Waals surface area contributed by atoms with Gasteiger partial charge in [-0.2, -0.15) is 0 Å². The number of amides is 2. The van der Waals surface area contributed by atoms with Crippen LogP contribution in [0, 0.1) is 23.2 Å². The third-order valence-corrected chi connectivity index (χ3v) is 7.98. The maximum Gasteiger partial charge on any atom is 0.251 e. The molecule has 4 saturated carbocycles. The van der Waals surface area contributed by atoms with Gasteiger partial charge in [-0.25, -0.2) is 0 Å². The Bertz CT molecular complexity index is 1030. The summed E-state index contributed by atoms with van der Waals surface area (Å²) >= 11 is 5.47. The van der Waals surface area contributed by atoms with E-state index in [1.54, 1.807) is 12.1 Å². The zero-order valence-electron chi connectivity index (χ0n) is 19.0. The fraction of sp³-hybridized carbons (Fsp3) is 0.444. The Labute approximate surface area is 200 Å². The maximum absolute atomic E-state index is 13.2. The molecule has 4 aliphatic rings. The summed E-state index contributed by atoms with van der Waals surface area (Å²) in [5.41, 5.74) is 2.04. The molecular weight excluding hydrogens is 430 g/mol. The minimum Gasteiger partial charge on any atom is -0.346 e. The topological polar surface area (TPSA) is 70.2 Å². The molecule has 0 aromatic heterocycles. The second-order valence-corrected chi connectivity index (χ2v) is 10.7. The van der Waals surface area contributed by atoms with Crippen molar-refractivity contribution in [3.05, 3.63) is 65.7 Å². The lowest BCUT2D eigenvalue weighted by atomic mass is 9.49. The first kappa shape index (κ1) is 22.1. The Hall–Kier alpha value is -2.73. The number of anilines is 1. The first-order valence-corrected chi connectivity index (χ1v) is 12.4. The summed E-state index contributed by atoms with van der Waals surface area (Å²) < 4.78 is 0. The van der Waals surface area contributed by atoms with Crippen molar-refractivity contribution in [3.8, 4) is 0 Å². The smallest absolute Gasteiger partial charge is 0.251 e. The number of hydrogen-bond donors (Lipinski definition) is 3. The van der Waals surface area contributed by atoms with E-state index < -0.39 is 0 Å². The highest BCUT2D eigenvalue weighted by molar-refractivity contribution is 7.80. The maximum atomic E-state index is 13.2. The third kappa shape index (κ3) is 4.67. The Morgan fingerprint density at radius 2 is 1.58 bits per heavy atom. The van der Waals surface area contributed by atoms with E-state index in [0.29, 0.717) is 34.1 Å². The van der Waals surface area contributed by atoms with Gasteiger partial charge in [0, 0.05) is 11.3 Å². The number of hydrogen-bond acceptors (Lipinski definition) is 3. The van der Waals surface area contributed by atoms with Crippen molar-refractivity contribution in [3.63, 3.8) is 0 Å².